The molecule has 150 valence electrons. The van der Waals surface area contributed by atoms with Crippen molar-refractivity contribution in [2.24, 2.45) is 0 Å². The summed E-state index contributed by atoms with van der Waals surface area (Å²) < 4.78 is 10.6. The Kier molecular flexibility index (Phi) is 6.34. The molecule has 1 heterocycles. The van der Waals surface area contributed by atoms with E-state index in [0.717, 1.165) is 22.4 Å². The zero-order chi connectivity index (χ0) is 20.8. The molecule has 0 bridgehead atoms. The van der Waals surface area contributed by atoms with Gasteiger partial charge in [-0.2, -0.15) is 0 Å². The van der Waals surface area contributed by atoms with E-state index in [0.29, 0.717) is 29.4 Å². The van der Waals surface area contributed by atoms with E-state index >= 15 is 0 Å². The summed E-state index contributed by atoms with van der Waals surface area (Å²) in [6.07, 6.45) is 1.62. The lowest BCUT2D eigenvalue weighted by atomic mass is 10.1. The van der Waals surface area contributed by atoms with Crippen LogP contribution in [-0.2, 0) is 6.54 Å². The molecule has 0 aliphatic heterocycles. The van der Waals surface area contributed by atoms with Crippen molar-refractivity contribution in [1.82, 2.24) is 4.98 Å². The maximum Gasteiger partial charge on any atom is 0.255 e. The van der Waals surface area contributed by atoms with Gasteiger partial charge in [-0.05, 0) is 54.8 Å². The number of pyridine rings is 1. The fourth-order valence-electron chi connectivity index (χ4n) is 3.05. The zero-order valence-corrected chi connectivity index (χ0v) is 17.1. The third-order valence-corrected chi connectivity index (χ3v) is 4.66. The molecule has 6 nitrogen and oxygen atoms in total. The first-order chi connectivity index (χ1) is 14.0. The second-order valence-corrected chi connectivity index (χ2v) is 6.69. The fraction of sp³-hybridized carbons (Fsp3) is 0.217. The summed E-state index contributed by atoms with van der Waals surface area (Å²) >= 11 is 0. The molecule has 0 aliphatic rings. The van der Waals surface area contributed by atoms with Gasteiger partial charge in [0.05, 0.1) is 14.2 Å². The highest BCUT2D eigenvalue weighted by Gasteiger charge is 2.11. The predicted molar refractivity (Wildman–Crippen MR) is 115 cm³/mol. The summed E-state index contributed by atoms with van der Waals surface area (Å²) in [5.41, 5.74) is 4.44. The van der Waals surface area contributed by atoms with E-state index in [-0.39, 0.29) is 5.91 Å². The molecule has 0 atom stereocenters. The molecule has 0 unspecified atom stereocenters. The molecule has 1 amide bonds. The minimum atomic E-state index is -0.168. The Bertz CT molecular complexity index is 998. The Hall–Kier alpha value is -3.54. The minimum Gasteiger partial charge on any atom is -0.493 e. The Morgan fingerprint density at radius 1 is 0.966 bits per heavy atom. The van der Waals surface area contributed by atoms with E-state index in [9.17, 15) is 4.79 Å². The number of anilines is 2. The highest BCUT2D eigenvalue weighted by molar-refractivity contribution is 6.05. The molecule has 6 heteroatoms. The van der Waals surface area contributed by atoms with Gasteiger partial charge < -0.3 is 20.1 Å². The SMILES string of the molecule is COc1ccc(CNc2cc(C(=O)Nc3c(C)cccc3C)ccn2)cc1OC. The van der Waals surface area contributed by atoms with Crippen LogP contribution in [0.1, 0.15) is 27.0 Å². The highest BCUT2D eigenvalue weighted by Crippen LogP contribution is 2.28. The van der Waals surface area contributed by atoms with E-state index in [4.69, 9.17) is 9.47 Å². The van der Waals surface area contributed by atoms with Gasteiger partial charge in [-0.1, -0.05) is 24.3 Å². The number of aromatic nitrogens is 1. The van der Waals surface area contributed by atoms with Crippen molar-refractivity contribution in [1.29, 1.82) is 0 Å². The molecule has 0 spiro atoms. The Balaban J connectivity index is 1.70. The van der Waals surface area contributed by atoms with Crippen molar-refractivity contribution < 1.29 is 14.3 Å². The van der Waals surface area contributed by atoms with Crippen LogP contribution in [0.4, 0.5) is 11.5 Å². The minimum absolute atomic E-state index is 0.168. The van der Waals surface area contributed by atoms with E-state index in [2.05, 4.69) is 15.6 Å². The molecule has 0 saturated heterocycles. The Morgan fingerprint density at radius 2 is 1.69 bits per heavy atom. The van der Waals surface area contributed by atoms with Crippen LogP contribution in [0, 0.1) is 13.8 Å². The standard InChI is InChI=1S/C23H25N3O3/c1-15-6-5-7-16(2)22(15)26-23(27)18-10-11-24-21(13-18)25-14-17-8-9-19(28-3)20(12-17)29-4/h5-13H,14H2,1-4H3,(H,24,25)(H,26,27). The molecular weight excluding hydrogens is 366 g/mol. The molecule has 1 aromatic heterocycles. The number of carbonyl (C=O) groups excluding carboxylic acids is 1. The first-order valence-electron chi connectivity index (χ1n) is 9.30. The number of benzene rings is 2. The smallest absolute Gasteiger partial charge is 0.255 e. The van der Waals surface area contributed by atoms with Crippen LogP contribution in [0.2, 0.25) is 0 Å². The molecule has 3 aromatic rings. The van der Waals surface area contributed by atoms with Gasteiger partial charge in [-0.15, -0.1) is 0 Å². The number of aryl methyl sites for hydroxylation is 2. The van der Waals surface area contributed by atoms with Crippen molar-refractivity contribution in [2.75, 3.05) is 24.9 Å². The maximum atomic E-state index is 12.7. The molecule has 0 fully saturated rings. The summed E-state index contributed by atoms with van der Waals surface area (Å²) in [4.78, 5) is 17.0. The second kappa shape index (κ2) is 9.10. The molecule has 2 aromatic carbocycles. The number of hydrogen-bond donors (Lipinski definition) is 2. The number of nitrogens with one attached hydrogen (secondary N) is 2. The predicted octanol–water partition coefficient (Wildman–Crippen LogP) is 4.58. The summed E-state index contributed by atoms with van der Waals surface area (Å²) in [7, 11) is 3.21. The van der Waals surface area contributed by atoms with Crippen LogP contribution in [0.3, 0.4) is 0 Å². The summed E-state index contributed by atoms with van der Waals surface area (Å²) in [5.74, 6) is 1.80. The third kappa shape index (κ3) is 4.85. The molecule has 0 aliphatic carbocycles. The van der Waals surface area contributed by atoms with Crippen LogP contribution >= 0.6 is 0 Å². The van der Waals surface area contributed by atoms with Crippen LogP contribution in [0.5, 0.6) is 11.5 Å². The number of hydrogen-bond acceptors (Lipinski definition) is 5. The lowest BCUT2D eigenvalue weighted by Gasteiger charge is -2.13. The third-order valence-electron chi connectivity index (χ3n) is 4.66. The van der Waals surface area contributed by atoms with Crippen molar-refractivity contribution >= 4 is 17.4 Å². The highest BCUT2D eigenvalue weighted by atomic mass is 16.5. The molecule has 3 rings (SSSR count). The van der Waals surface area contributed by atoms with Gasteiger partial charge in [0.15, 0.2) is 11.5 Å². The average Bonchev–Trinajstić information content (AvgIpc) is 2.74. The van der Waals surface area contributed by atoms with Crippen molar-refractivity contribution in [3.63, 3.8) is 0 Å². The number of nitrogens with zero attached hydrogens (tertiary/aromatic N) is 1. The normalized spacial score (nSPS) is 10.3. The van der Waals surface area contributed by atoms with Gasteiger partial charge in [0, 0.05) is 24.0 Å². The molecule has 0 radical (unpaired) electrons. The van der Waals surface area contributed by atoms with Gasteiger partial charge in [-0.3, -0.25) is 4.79 Å². The summed E-state index contributed by atoms with van der Waals surface area (Å²) in [5, 5.41) is 6.24. The number of methoxy groups -OCH3 is 2. The largest absolute Gasteiger partial charge is 0.493 e. The second-order valence-electron chi connectivity index (χ2n) is 6.69. The number of para-hydroxylation sites is 1. The zero-order valence-electron chi connectivity index (χ0n) is 17.1. The van der Waals surface area contributed by atoms with E-state index in [1.807, 2.05) is 50.2 Å². The summed E-state index contributed by atoms with van der Waals surface area (Å²) in [6.45, 7) is 4.49. The molecule has 29 heavy (non-hydrogen) atoms. The van der Waals surface area contributed by atoms with Crippen molar-refractivity contribution in [3.05, 3.63) is 77.0 Å². The van der Waals surface area contributed by atoms with Crippen LogP contribution in [0.25, 0.3) is 0 Å². The van der Waals surface area contributed by atoms with Gasteiger partial charge >= 0.3 is 0 Å². The van der Waals surface area contributed by atoms with Gasteiger partial charge in [0.2, 0.25) is 0 Å². The maximum absolute atomic E-state index is 12.7. The van der Waals surface area contributed by atoms with Crippen molar-refractivity contribution in [3.8, 4) is 11.5 Å². The van der Waals surface area contributed by atoms with Crippen LogP contribution < -0.4 is 20.1 Å². The Labute approximate surface area is 170 Å². The average molecular weight is 391 g/mol. The van der Waals surface area contributed by atoms with Gasteiger partial charge in [0.25, 0.3) is 5.91 Å². The van der Waals surface area contributed by atoms with Crippen LogP contribution in [0.15, 0.2) is 54.7 Å². The topological polar surface area (TPSA) is 72.5 Å². The lowest BCUT2D eigenvalue weighted by molar-refractivity contribution is 0.102. The monoisotopic (exact) mass is 391 g/mol. The molecule has 2 N–H and O–H groups in total. The number of carbonyl (C=O) groups is 1. The summed E-state index contributed by atoms with van der Waals surface area (Å²) in [6, 6.07) is 15.1. The first-order valence-corrected chi connectivity index (χ1v) is 9.30. The van der Waals surface area contributed by atoms with E-state index in [1.54, 1.807) is 32.5 Å². The van der Waals surface area contributed by atoms with E-state index in [1.165, 1.54) is 0 Å². The van der Waals surface area contributed by atoms with Crippen LogP contribution in [-0.4, -0.2) is 25.1 Å². The Morgan fingerprint density at radius 3 is 2.38 bits per heavy atom. The van der Waals surface area contributed by atoms with Gasteiger partial charge in [0.1, 0.15) is 5.82 Å². The number of rotatable bonds is 7. The van der Waals surface area contributed by atoms with E-state index < -0.39 is 0 Å². The molecular formula is C23H25N3O3. The fourth-order valence-corrected chi connectivity index (χ4v) is 3.05. The van der Waals surface area contributed by atoms with Gasteiger partial charge in [-0.25, -0.2) is 4.98 Å². The first kappa shape index (κ1) is 20.2. The molecule has 0 saturated carbocycles. The number of amides is 1. The quantitative estimate of drug-likeness (QED) is 0.617. The van der Waals surface area contributed by atoms with Crippen molar-refractivity contribution in [2.45, 2.75) is 20.4 Å². The number of ether oxygens (including phenoxy) is 2. The lowest BCUT2D eigenvalue weighted by Crippen LogP contribution is -2.14.